The van der Waals surface area contributed by atoms with E-state index in [0.29, 0.717) is 11.7 Å². The number of nitrogens with zero attached hydrogens (tertiary/aromatic N) is 3. The highest BCUT2D eigenvalue weighted by atomic mass is 15.2. The molecule has 0 bridgehead atoms. The van der Waals surface area contributed by atoms with Crippen LogP contribution in [-0.2, 0) is 6.42 Å². The van der Waals surface area contributed by atoms with Crippen molar-refractivity contribution in [2.24, 2.45) is 5.92 Å². The van der Waals surface area contributed by atoms with Crippen LogP contribution in [0.4, 0.5) is 11.8 Å². The van der Waals surface area contributed by atoms with Crippen LogP contribution in [0.25, 0.3) is 0 Å². The van der Waals surface area contributed by atoms with Crippen LogP contribution in [0, 0.1) is 5.92 Å². The van der Waals surface area contributed by atoms with Gasteiger partial charge in [0.2, 0.25) is 5.95 Å². The number of rotatable bonds is 2. The number of nitrogens with one attached hydrogen (secondary N) is 1. The number of benzene rings is 1. The van der Waals surface area contributed by atoms with Crippen molar-refractivity contribution in [1.82, 2.24) is 15.2 Å². The molecule has 1 aliphatic carbocycles. The average molecular weight is 241 g/mol. The first-order valence-corrected chi connectivity index (χ1v) is 6.03. The van der Waals surface area contributed by atoms with Gasteiger partial charge in [-0.2, -0.15) is 10.1 Å². The number of aromatic nitrogens is 3. The Morgan fingerprint density at radius 1 is 1.33 bits per heavy atom. The summed E-state index contributed by atoms with van der Waals surface area (Å²) in [5, 5.41) is 10.9. The Bertz CT molecular complexity index is 569. The molecular formula is C13H15N5. The second kappa shape index (κ2) is 4.25. The van der Waals surface area contributed by atoms with Gasteiger partial charge in [0, 0.05) is 0 Å². The summed E-state index contributed by atoms with van der Waals surface area (Å²) >= 11 is 0. The van der Waals surface area contributed by atoms with Gasteiger partial charge >= 0.3 is 0 Å². The summed E-state index contributed by atoms with van der Waals surface area (Å²) in [7, 11) is 0. The van der Waals surface area contributed by atoms with Crippen LogP contribution in [0.2, 0.25) is 0 Å². The molecule has 5 nitrogen and oxygen atoms in total. The highest BCUT2D eigenvalue weighted by Crippen LogP contribution is 2.37. The summed E-state index contributed by atoms with van der Waals surface area (Å²) in [4.78, 5) is 4.14. The molecule has 5 heteroatoms. The maximum Gasteiger partial charge on any atom is 0.242 e. The van der Waals surface area contributed by atoms with Gasteiger partial charge in [0.25, 0.3) is 0 Å². The number of nitrogens with two attached hydrogens (primary N) is 1. The zero-order valence-electron chi connectivity index (χ0n) is 10.2. The first kappa shape index (κ1) is 11.0. The number of nitrogen functional groups attached to an aromatic ring is 1. The van der Waals surface area contributed by atoms with Crippen molar-refractivity contribution >= 4 is 11.8 Å². The lowest BCUT2D eigenvalue weighted by Crippen LogP contribution is -2.16. The molecule has 92 valence electrons. The van der Waals surface area contributed by atoms with Crippen molar-refractivity contribution in [1.29, 1.82) is 0 Å². The topological polar surface area (TPSA) is 76.7 Å². The molecule has 0 aliphatic heterocycles. The summed E-state index contributed by atoms with van der Waals surface area (Å²) in [6, 6.07) is 8.75. The van der Waals surface area contributed by atoms with Gasteiger partial charge in [-0.15, -0.1) is 5.10 Å². The second-order valence-corrected chi connectivity index (χ2v) is 4.70. The standard InChI is InChI=1S/C13H15N5/c1-8-6-9-4-2-3-5-10(9)12(8)16-11-7-15-18-13(14)17-11/h2-5,7-8,12H,6H2,1H3,(H3,14,16,17,18). The van der Waals surface area contributed by atoms with E-state index >= 15 is 0 Å². The van der Waals surface area contributed by atoms with E-state index in [2.05, 4.69) is 51.7 Å². The van der Waals surface area contributed by atoms with Crippen LogP contribution in [0.15, 0.2) is 30.5 Å². The SMILES string of the molecule is CC1Cc2ccccc2C1Nc1cnnc(N)n1. The Morgan fingerprint density at radius 3 is 3.00 bits per heavy atom. The molecule has 3 rings (SSSR count). The molecule has 1 heterocycles. The molecule has 2 aromatic rings. The van der Waals surface area contributed by atoms with E-state index in [-0.39, 0.29) is 12.0 Å². The summed E-state index contributed by atoms with van der Waals surface area (Å²) in [6.07, 6.45) is 2.69. The maximum absolute atomic E-state index is 5.54. The van der Waals surface area contributed by atoms with Crippen LogP contribution >= 0.6 is 0 Å². The lowest BCUT2D eigenvalue weighted by molar-refractivity contribution is 0.540. The predicted octanol–water partition coefficient (Wildman–Crippen LogP) is 1.80. The van der Waals surface area contributed by atoms with Crippen molar-refractivity contribution < 1.29 is 0 Å². The average Bonchev–Trinajstić information content (AvgIpc) is 2.66. The first-order valence-electron chi connectivity index (χ1n) is 6.03. The van der Waals surface area contributed by atoms with Crippen LogP contribution in [0.3, 0.4) is 0 Å². The van der Waals surface area contributed by atoms with Crippen molar-refractivity contribution in [2.45, 2.75) is 19.4 Å². The zero-order chi connectivity index (χ0) is 12.5. The minimum Gasteiger partial charge on any atom is -0.366 e. The van der Waals surface area contributed by atoms with E-state index in [1.807, 2.05) is 0 Å². The number of anilines is 2. The zero-order valence-corrected chi connectivity index (χ0v) is 10.2. The molecule has 0 radical (unpaired) electrons. The van der Waals surface area contributed by atoms with Gasteiger partial charge in [0.1, 0.15) is 0 Å². The molecule has 0 spiro atoms. The highest BCUT2D eigenvalue weighted by molar-refractivity contribution is 5.44. The molecule has 0 fully saturated rings. The van der Waals surface area contributed by atoms with Gasteiger partial charge in [-0.05, 0) is 23.5 Å². The third kappa shape index (κ3) is 1.88. The molecule has 1 aliphatic rings. The monoisotopic (exact) mass is 241 g/mol. The van der Waals surface area contributed by atoms with E-state index < -0.39 is 0 Å². The molecule has 2 atom stereocenters. The molecule has 0 saturated heterocycles. The minimum atomic E-state index is 0.193. The van der Waals surface area contributed by atoms with Crippen molar-refractivity contribution in [3.8, 4) is 0 Å². The van der Waals surface area contributed by atoms with Crippen LogP contribution in [0.1, 0.15) is 24.1 Å². The van der Waals surface area contributed by atoms with Crippen molar-refractivity contribution in [3.05, 3.63) is 41.6 Å². The number of fused-ring (bicyclic) bond motifs is 1. The quantitative estimate of drug-likeness (QED) is 0.838. The Balaban J connectivity index is 1.89. The van der Waals surface area contributed by atoms with Gasteiger partial charge in [0.15, 0.2) is 5.82 Å². The molecule has 0 amide bonds. The largest absolute Gasteiger partial charge is 0.366 e. The minimum absolute atomic E-state index is 0.193. The lowest BCUT2D eigenvalue weighted by atomic mass is 10.0. The fourth-order valence-corrected chi connectivity index (χ4v) is 2.56. The molecule has 0 saturated carbocycles. The fraction of sp³-hybridized carbons (Fsp3) is 0.308. The third-order valence-corrected chi connectivity index (χ3v) is 3.38. The normalized spacial score (nSPS) is 21.6. The second-order valence-electron chi connectivity index (χ2n) is 4.70. The highest BCUT2D eigenvalue weighted by Gasteiger charge is 2.29. The van der Waals surface area contributed by atoms with Gasteiger partial charge in [-0.3, -0.25) is 0 Å². The van der Waals surface area contributed by atoms with Crippen LogP contribution in [0.5, 0.6) is 0 Å². The smallest absolute Gasteiger partial charge is 0.242 e. The van der Waals surface area contributed by atoms with Gasteiger partial charge in [0.05, 0.1) is 12.2 Å². The Hall–Kier alpha value is -2.17. The van der Waals surface area contributed by atoms with Crippen LogP contribution in [-0.4, -0.2) is 15.2 Å². The molecule has 2 unspecified atom stereocenters. The predicted molar refractivity (Wildman–Crippen MR) is 69.9 cm³/mol. The molecule has 18 heavy (non-hydrogen) atoms. The number of hydrogen-bond acceptors (Lipinski definition) is 5. The summed E-state index contributed by atoms with van der Waals surface area (Å²) in [6.45, 7) is 2.23. The summed E-state index contributed by atoms with van der Waals surface area (Å²) < 4.78 is 0. The Morgan fingerprint density at radius 2 is 2.17 bits per heavy atom. The van der Waals surface area contributed by atoms with E-state index in [1.54, 1.807) is 6.20 Å². The van der Waals surface area contributed by atoms with E-state index in [9.17, 15) is 0 Å². The molecule has 1 aromatic heterocycles. The van der Waals surface area contributed by atoms with E-state index in [1.165, 1.54) is 11.1 Å². The Labute approximate surface area is 105 Å². The lowest BCUT2D eigenvalue weighted by Gasteiger charge is -2.19. The molecular weight excluding hydrogens is 226 g/mol. The van der Waals surface area contributed by atoms with Gasteiger partial charge < -0.3 is 11.1 Å². The summed E-state index contributed by atoms with van der Waals surface area (Å²) in [5.41, 5.74) is 8.27. The molecule has 3 N–H and O–H groups in total. The van der Waals surface area contributed by atoms with Crippen molar-refractivity contribution in [3.63, 3.8) is 0 Å². The van der Waals surface area contributed by atoms with E-state index in [0.717, 1.165) is 6.42 Å². The van der Waals surface area contributed by atoms with E-state index in [4.69, 9.17) is 5.73 Å². The van der Waals surface area contributed by atoms with Gasteiger partial charge in [-0.25, -0.2) is 0 Å². The maximum atomic E-state index is 5.54. The van der Waals surface area contributed by atoms with Crippen molar-refractivity contribution in [2.75, 3.05) is 11.1 Å². The van der Waals surface area contributed by atoms with Crippen LogP contribution < -0.4 is 11.1 Å². The molecule has 1 aromatic carbocycles. The third-order valence-electron chi connectivity index (χ3n) is 3.38. The van der Waals surface area contributed by atoms with Gasteiger partial charge in [-0.1, -0.05) is 31.2 Å². The number of hydrogen-bond donors (Lipinski definition) is 2. The summed E-state index contributed by atoms with van der Waals surface area (Å²) in [5.74, 6) is 1.40. The first-order chi connectivity index (χ1) is 8.74. The fourth-order valence-electron chi connectivity index (χ4n) is 2.56. The Kier molecular flexibility index (Phi) is 2.59.